The Morgan fingerprint density at radius 3 is 1.88 bits per heavy atom. The monoisotopic (exact) mass is 670 g/mol. The maximum atomic E-state index is 9.57. The molecule has 1 heterocycles. The average Bonchev–Trinajstić information content (AvgIpc) is 3.77. The van der Waals surface area contributed by atoms with Gasteiger partial charge in [0, 0.05) is 21.6 Å². The first-order chi connectivity index (χ1) is 28.9. The molecular formula is C51H34O. The van der Waals surface area contributed by atoms with Crippen LogP contribution in [-0.4, -0.2) is 0 Å². The van der Waals surface area contributed by atoms with Crippen molar-refractivity contribution in [3.05, 3.63) is 181 Å². The van der Waals surface area contributed by atoms with Gasteiger partial charge in [-0.3, -0.25) is 0 Å². The lowest BCUT2D eigenvalue weighted by atomic mass is 9.81. The fourth-order valence-electron chi connectivity index (χ4n) is 8.78. The second-order valence-corrected chi connectivity index (χ2v) is 14.2. The van der Waals surface area contributed by atoms with Crippen LogP contribution in [0.4, 0.5) is 0 Å². The molecule has 0 atom stereocenters. The van der Waals surface area contributed by atoms with Crippen molar-refractivity contribution in [1.82, 2.24) is 0 Å². The van der Waals surface area contributed by atoms with Crippen molar-refractivity contribution in [1.29, 1.82) is 0 Å². The molecule has 10 aromatic rings. The van der Waals surface area contributed by atoms with Crippen LogP contribution in [0.1, 0.15) is 35.9 Å². The van der Waals surface area contributed by atoms with Gasteiger partial charge in [-0.2, -0.15) is 0 Å². The molecule has 0 radical (unpaired) electrons. The van der Waals surface area contributed by atoms with E-state index in [9.17, 15) is 5.48 Å². The minimum Gasteiger partial charge on any atom is -0.455 e. The molecular weight excluding hydrogens is 629 g/mol. The second-order valence-electron chi connectivity index (χ2n) is 14.2. The lowest BCUT2D eigenvalue weighted by molar-refractivity contribution is 0.660. The van der Waals surface area contributed by atoms with Crippen LogP contribution in [0, 0.1) is 0 Å². The smallest absolute Gasteiger partial charge is 0.143 e. The average molecular weight is 671 g/mol. The molecule has 0 fully saturated rings. The first-order valence-corrected chi connectivity index (χ1v) is 17.5. The number of furan rings is 1. The molecule has 0 spiro atoms. The zero-order valence-corrected chi connectivity index (χ0v) is 28.5. The molecule has 1 nitrogen and oxygen atoms in total. The third-order valence-electron chi connectivity index (χ3n) is 11.1. The van der Waals surface area contributed by atoms with Gasteiger partial charge in [-0.15, -0.1) is 0 Å². The summed E-state index contributed by atoms with van der Waals surface area (Å²) in [6, 6.07) is 37.0. The van der Waals surface area contributed by atoms with E-state index in [0.717, 1.165) is 38.4 Å². The largest absolute Gasteiger partial charge is 0.455 e. The van der Waals surface area contributed by atoms with Crippen molar-refractivity contribution >= 4 is 54.3 Å². The minimum absolute atomic E-state index is 0.165. The van der Waals surface area contributed by atoms with Crippen LogP contribution in [0.3, 0.4) is 0 Å². The summed E-state index contributed by atoms with van der Waals surface area (Å²) in [6.07, 6.45) is 0. The lowest BCUT2D eigenvalue weighted by Crippen LogP contribution is -2.14. The van der Waals surface area contributed by atoms with E-state index in [-0.39, 0.29) is 51.1 Å². The Labute approximate surface area is 313 Å². The van der Waals surface area contributed by atoms with Crippen LogP contribution >= 0.6 is 0 Å². The van der Waals surface area contributed by atoms with Gasteiger partial charge in [-0.1, -0.05) is 165 Å². The Balaban J connectivity index is 1.31. The quantitative estimate of drug-likeness (QED) is 0.171. The van der Waals surface area contributed by atoms with Crippen LogP contribution in [-0.2, 0) is 5.41 Å². The third kappa shape index (κ3) is 3.99. The van der Waals surface area contributed by atoms with Gasteiger partial charge in [-0.25, -0.2) is 0 Å². The molecule has 0 bridgehead atoms. The zero-order valence-electron chi connectivity index (χ0n) is 36.5. The number of fused-ring (bicyclic) bond motifs is 10. The standard InChI is InChI=1S/C51H34O/c1-51(2)43-25-10-9-22-40(43)48-34(23-12-26-44(48)51)32-15-11-16-33(30-32)46-36-18-5-7-20-38(36)47(39-21-8-6-19-37(39)46)41-24-13-27-45-49(41)42-29-28-31-14-3-4-17-35(31)50(42)52-45/h3-30H,1-2H3/i5D,6D,7D,8D,18D,19D,20D,21D. The van der Waals surface area contributed by atoms with E-state index >= 15 is 0 Å². The van der Waals surface area contributed by atoms with E-state index in [0.29, 0.717) is 38.8 Å². The molecule has 0 unspecified atom stereocenters. The van der Waals surface area contributed by atoms with E-state index in [1.807, 2.05) is 84.9 Å². The Kier molecular flexibility index (Phi) is 4.64. The van der Waals surface area contributed by atoms with Gasteiger partial charge in [0.25, 0.3) is 0 Å². The summed E-state index contributed by atoms with van der Waals surface area (Å²) in [5, 5.41) is 4.02. The SMILES string of the molecule is [2H]c1c([2H])c([2H])c2c(-c3cccc4oc5c6ccccc6ccc5c34)c3c([2H])c([2H])c([2H])c([2H])c3c(-c3cccc(-c4cccc5c4-c4ccccc4C5(C)C)c3)c2c1[2H]. The normalized spacial score (nSPS) is 15.5. The van der Waals surface area contributed by atoms with Gasteiger partial charge in [0.2, 0.25) is 0 Å². The van der Waals surface area contributed by atoms with Crippen molar-refractivity contribution in [2.24, 2.45) is 0 Å². The number of hydrogen-bond acceptors (Lipinski definition) is 1. The fraction of sp³-hybridized carbons (Fsp3) is 0.0588. The van der Waals surface area contributed by atoms with Crippen LogP contribution in [0.15, 0.2) is 174 Å². The molecule has 0 aliphatic heterocycles. The summed E-state index contributed by atoms with van der Waals surface area (Å²) in [5.74, 6) is 0. The van der Waals surface area contributed by atoms with Crippen molar-refractivity contribution in [2.45, 2.75) is 19.3 Å². The molecule has 11 rings (SSSR count). The van der Waals surface area contributed by atoms with Gasteiger partial charge in [-0.05, 0) is 101 Å². The number of hydrogen-bond donors (Lipinski definition) is 0. The molecule has 0 N–H and O–H groups in total. The summed E-state index contributed by atoms with van der Waals surface area (Å²) < 4.78 is 80.8. The summed E-state index contributed by atoms with van der Waals surface area (Å²) in [6.45, 7) is 4.46. The van der Waals surface area contributed by atoms with Gasteiger partial charge in [0.1, 0.15) is 11.2 Å². The van der Waals surface area contributed by atoms with Crippen LogP contribution in [0.25, 0.3) is 98.8 Å². The Morgan fingerprint density at radius 1 is 0.462 bits per heavy atom. The van der Waals surface area contributed by atoms with Crippen molar-refractivity contribution < 1.29 is 15.4 Å². The fourth-order valence-corrected chi connectivity index (χ4v) is 8.78. The third-order valence-corrected chi connectivity index (χ3v) is 11.1. The van der Waals surface area contributed by atoms with E-state index in [1.165, 1.54) is 11.1 Å². The molecule has 1 aliphatic carbocycles. The van der Waals surface area contributed by atoms with Gasteiger partial charge >= 0.3 is 0 Å². The topological polar surface area (TPSA) is 13.1 Å². The Morgan fingerprint density at radius 2 is 1.08 bits per heavy atom. The molecule has 1 heteroatoms. The highest BCUT2D eigenvalue weighted by Gasteiger charge is 2.36. The number of rotatable bonds is 3. The van der Waals surface area contributed by atoms with E-state index < -0.39 is 24.2 Å². The second kappa shape index (κ2) is 10.8. The maximum absolute atomic E-state index is 9.57. The van der Waals surface area contributed by atoms with Crippen LogP contribution in [0.2, 0.25) is 0 Å². The summed E-state index contributed by atoms with van der Waals surface area (Å²) in [4.78, 5) is 0. The summed E-state index contributed by atoms with van der Waals surface area (Å²) in [7, 11) is 0. The molecule has 244 valence electrons. The number of benzene rings is 9. The summed E-state index contributed by atoms with van der Waals surface area (Å²) in [5.41, 5.74) is 9.22. The van der Waals surface area contributed by atoms with Gasteiger partial charge < -0.3 is 4.42 Å². The Bertz CT molecular complexity index is 3480. The molecule has 52 heavy (non-hydrogen) atoms. The maximum Gasteiger partial charge on any atom is 0.143 e. The lowest BCUT2D eigenvalue weighted by Gasteiger charge is -2.21. The molecule has 0 saturated carbocycles. The molecule has 1 aliphatic rings. The predicted molar refractivity (Wildman–Crippen MR) is 220 cm³/mol. The first-order valence-electron chi connectivity index (χ1n) is 21.5. The van der Waals surface area contributed by atoms with E-state index in [2.05, 4.69) is 50.2 Å². The first kappa shape index (κ1) is 22.4. The van der Waals surface area contributed by atoms with Gasteiger partial charge in [0.15, 0.2) is 0 Å². The highest BCUT2D eigenvalue weighted by molar-refractivity contribution is 6.27. The molecule has 1 aromatic heterocycles. The summed E-state index contributed by atoms with van der Waals surface area (Å²) >= 11 is 0. The molecule has 9 aromatic carbocycles. The van der Waals surface area contributed by atoms with Crippen molar-refractivity contribution in [2.75, 3.05) is 0 Å². The van der Waals surface area contributed by atoms with Crippen molar-refractivity contribution in [3.63, 3.8) is 0 Å². The molecule has 0 amide bonds. The Hall–Kier alpha value is -6.44. The highest BCUT2D eigenvalue weighted by atomic mass is 16.3. The zero-order chi connectivity index (χ0) is 41.5. The predicted octanol–water partition coefficient (Wildman–Crippen LogP) is 14.4. The van der Waals surface area contributed by atoms with E-state index in [4.69, 9.17) is 9.90 Å². The van der Waals surface area contributed by atoms with Crippen molar-refractivity contribution in [3.8, 4) is 44.5 Å². The van der Waals surface area contributed by atoms with Crippen LogP contribution < -0.4 is 0 Å². The van der Waals surface area contributed by atoms with Crippen LogP contribution in [0.5, 0.6) is 0 Å². The highest BCUT2D eigenvalue weighted by Crippen LogP contribution is 2.53. The van der Waals surface area contributed by atoms with Gasteiger partial charge in [0.05, 0.1) is 11.0 Å². The minimum atomic E-state index is -0.440. The van der Waals surface area contributed by atoms with E-state index in [1.54, 1.807) is 0 Å². The molecule has 0 saturated heterocycles.